The van der Waals surface area contributed by atoms with Gasteiger partial charge in [-0.1, -0.05) is 0 Å². The van der Waals surface area contributed by atoms with Crippen molar-refractivity contribution in [1.82, 2.24) is 24.6 Å². The number of hydrogen-bond donors (Lipinski definition) is 1. The Labute approximate surface area is 108 Å². The molecule has 0 spiro atoms. The van der Waals surface area contributed by atoms with E-state index in [0.29, 0.717) is 0 Å². The van der Waals surface area contributed by atoms with Crippen LogP contribution in [0, 0.1) is 3.57 Å². The van der Waals surface area contributed by atoms with Gasteiger partial charge in [-0.2, -0.15) is 5.10 Å². The van der Waals surface area contributed by atoms with E-state index in [1.807, 2.05) is 30.5 Å². The zero-order valence-electron chi connectivity index (χ0n) is 9.10. The van der Waals surface area contributed by atoms with Crippen LogP contribution in [-0.2, 0) is 20.1 Å². The van der Waals surface area contributed by atoms with E-state index in [-0.39, 0.29) is 0 Å². The zero-order chi connectivity index (χ0) is 11.4. The van der Waals surface area contributed by atoms with Crippen LogP contribution in [-0.4, -0.2) is 25.9 Å². The van der Waals surface area contributed by atoms with Gasteiger partial charge >= 0.3 is 0 Å². The van der Waals surface area contributed by atoms with Crippen LogP contribution in [0.1, 0.15) is 5.69 Å². The molecular formula is C10H14IN5. The second-order valence-corrected chi connectivity index (χ2v) is 4.70. The third-order valence-electron chi connectivity index (χ3n) is 2.41. The Morgan fingerprint density at radius 3 is 3.00 bits per heavy atom. The first-order valence-corrected chi connectivity index (χ1v) is 6.18. The van der Waals surface area contributed by atoms with Gasteiger partial charge in [0.1, 0.15) is 0 Å². The molecule has 0 amide bonds. The average molecular weight is 331 g/mol. The molecule has 0 aliphatic rings. The monoisotopic (exact) mass is 331 g/mol. The molecule has 2 aromatic heterocycles. The van der Waals surface area contributed by atoms with E-state index in [2.05, 4.69) is 42.6 Å². The molecule has 6 heteroatoms. The van der Waals surface area contributed by atoms with Gasteiger partial charge in [-0.15, -0.1) is 0 Å². The molecular weight excluding hydrogens is 317 g/mol. The Kier molecular flexibility index (Phi) is 3.94. The van der Waals surface area contributed by atoms with Gasteiger partial charge in [-0.05, 0) is 22.6 Å². The summed E-state index contributed by atoms with van der Waals surface area (Å²) in [4.78, 5) is 4.00. The van der Waals surface area contributed by atoms with Crippen molar-refractivity contribution in [3.8, 4) is 0 Å². The molecule has 0 aliphatic heterocycles. The van der Waals surface area contributed by atoms with Crippen molar-refractivity contribution in [2.75, 3.05) is 6.54 Å². The third kappa shape index (κ3) is 2.82. The number of hydrogen-bond acceptors (Lipinski definition) is 3. The lowest BCUT2D eigenvalue weighted by atomic mass is 10.4. The molecule has 0 atom stereocenters. The Hall–Kier alpha value is -0.890. The summed E-state index contributed by atoms with van der Waals surface area (Å²) in [5.41, 5.74) is 1.23. The molecule has 0 saturated carbocycles. The second kappa shape index (κ2) is 5.44. The van der Waals surface area contributed by atoms with E-state index in [1.165, 1.54) is 9.26 Å². The zero-order valence-corrected chi connectivity index (χ0v) is 11.3. The molecule has 86 valence electrons. The van der Waals surface area contributed by atoms with Gasteiger partial charge in [-0.25, -0.2) is 4.98 Å². The van der Waals surface area contributed by atoms with Gasteiger partial charge in [0.05, 0.1) is 21.8 Å². The number of nitrogens with zero attached hydrogens (tertiary/aromatic N) is 4. The summed E-state index contributed by atoms with van der Waals surface area (Å²) in [6.07, 6.45) is 7.47. The largest absolute Gasteiger partial charge is 0.336 e. The molecule has 1 N–H and O–H groups in total. The minimum Gasteiger partial charge on any atom is -0.336 e. The molecule has 0 bridgehead atoms. The van der Waals surface area contributed by atoms with Gasteiger partial charge in [0, 0.05) is 39.1 Å². The molecule has 16 heavy (non-hydrogen) atoms. The maximum atomic E-state index is 4.20. The van der Waals surface area contributed by atoms with Crippen molar-refractivity contribution < 1.29 is 0 Å². The van der Waals surface area contributed by atoms with Gasteiger partial charge in [-0.3, -0.25) is 4.68 Å². The highest BCUT2D eigenvalue weighted by molar-refractivity contribution is 14.1. The van der Waals surface area contributed by atoms with Crippen LogP contribution in [0.3, 0.4) is 0 Å². The Morgan fingerprint density at radius 2 is 2.38 bits per heavy atom. The highest BCUT2D eigenvalue weighted by atomic mass is 127. The lowest BCUT2D eigenvalue weighted by Gasteiger charge is -2.06. The number of nitrogens with one attached hydrogen (secondary N) is 1. The van der Waals surface area contributed by atoms with Crippen molar-refractivity contribution in [3.63, 3.8) is 0 Å². The first-order valence-electron chi connectivity index (χ1n) is 5.10. The fourth-order valence-corrected chi connectivity index (χ4v) is 2.13. The molecule has 0 aromatic carbocycles. The number of aromatic nitrogens is 4. The van der Waals surface area contributed by atoms with Crippen molar-refractivity contribution >= 4 is 22.6 Å². The molecule has 0 fully saturated rings. The van der Waals surface area contributed by atoms with E-state index in [1.54, 1.807) is 6.20 Å². The number of aryl methyl sites for hydroxylation is 1. The molecule has 0 unspecified atom stereocenters. The molecule has 0 saturated heterocycles. The smallest absolute Gasteiger partial charge is 0.0946 e. The van der Waals surface area contributed by atoms with E-state index in [4.69, 9.17) is 0 Å². The van der Waals surface area contributed by atoms with Crippen molar-refractivity contribution in [2.24, 2.45) is 7.05 Å². The summed E-state index contributed by atoms with van der Waals surface area (Å²) in [5, 5.41) is 7.59. The first-order chi connectivity index (χ1) is 7.77. The number of halogens is 1. The topological polar surface area (TPSA) is 47.7 Å². The molecule has 2 rings (SSSR count). The van der Waals surface area contributed by atoms with Crippen molar-refractivity contribution in [1.29, 1.82) is 0 Å². The van der Waals surface area contributed by atoms with Crippen LogP contribution in [0.4, 0.5) is 0 Å². The van der Waals surface area contributed by atoms with E-state index < -0.39 is 0 Å². The summed E-state index contributed by atoms with van der Waals surface area (Å²) in [6, 6.07) is 0. The van der Waals surface area contributed by atoms with Crippen LogP contribution in [0.25, 0.3) is 0 Å². The number of imidazole rings is 1. The normalized spacial score (nSPS) is 10.9. The lowest BCUT2D eigenvalue weighted by Crippen LogP contribution is -2.21. The SMILES string of the molecule is Cn1ncc(I)c1CNCCn1ccnc1. The number of rotatable bonds is 5. The standard InChI is InChI=1S/C10H14IN5/c1-15-10(9(11)6-14-15)7-12-2-4-16-5-3-13-8-16/h3,5-6,8,12H,2,4,7H2,1H3. The Bertz CT molecular complexity index is 415. The predicted octanol–water partition coefficient (Wildman–Crippen LogP) is 1.01. The average Bonchev–Trinajstić information content (AvgIpc) is 2.87. The quantitative estimate of drug-likeness (QED) is 0.657. The van der Waals surface area contributed by atoms with Crippen molar-refractivity contribution in [3.05, 3.63) is 34.2 Å². The third-order valence-corrected chi connectivity index (χ3v) is 3.31. The molecule has 2 aromatic rings. The minimum absolute atomic E-state index is 0.851. The second-order valence-electron chi connectivity index (χ2n) is 3.54. The van der Waals surface area contributed by atoms with Crippen LogP contribution in [0.15, 0.2) is 24.9 Å². The van der Waals surface area contributed by atoms with Crippen LogP contribution in [0.2, 0.25) is 0 Å². The fourth-order valence-electron chi connectivity index (χ4n) is 1.47. The maximum Gasteiger partial charge on any atom is 0.0946 e. The summed E-state index contributed by atoms with van der Waals surface area (Å²) < 4.78 is 5.17. The van der Waals surface area contributed by atoms with Gasteiger partial charge in [0.25, 0.3) is 0 Å². The van der Waals surface area contributed by atoms with Crippen LogP contribution in [0.5, 0.6) is 0 Å². The van der Waals surface area contributed by atoms with Crippen molar-refractivity contribution in [2.45, 2.75) is 13.1 Å². The first kappa shape index (κ1) is 11.6. The summed E-state index contributed by atoms with van der Waals surface area (Å²) in [7, 11) is 1.97. The summed E-state index contributed by atoms with van der Waals surface area (Å²) in [6.45, 7) is 2.72. The van der Waals surface area contributed by atoms with Crippen LogP contribution >= 0.6 is 22.6 Å². The van der Waals surface area contributed by atoms with E-state index in [0.717, 1.165) is 19.6 Å². The highest BCUT2D eigenvalue weighted by Crippen LogP contribution is 2.09. The molecule has 2 heterocycles. The van der Waals surface area contributed by atoms with Gasteiger partial charge in [0.2, 0.25) is 0 Å². The fraction of sp³-hybridized carbons (Fsp3) is 0.400. The predicted molar refractivity (Wildman–Crippen MR) is 69.9 cm³/mol. The molecule has 0 radical (unpaired) electrons. The minimum atomic E-state index is 0.851. The van der Waals surface area contributed by atoms with E-state index >= 15 is 0 Å². The van der Waals surface area contributed by atoms with Gasteiger partial charge < -0.3 is 9.88 Å². The summed E-state index contributed by atoms with van der Waals surface area (Å²) in [5.74, 6) is 0. The maximum absolute atomic E-state index is 4.20. The lowest BCUT2D eigenvalue weighted by molar-refractivity contribution is 0.573. The van der Waals surface area contributed by atoms with Crippen LogP contribution < -0.4 is 5.32 Å². The molecule has 0 aliphatic carbocycles. The Morgan fingerprint density at radius 1 is 1.50 bits per heavy atom. The summed E-state index contributed by atoms with van der Waals surface area (Å²) >= 11 is 2.31. The Balaban J connectivity index is 1.76. The van der Waals surface area contributed by atoms with E-state index in [9.17, 15) is 0 Å². The van der Waals surface area contributed by atoms with Gasteiger partial charge in [0.15, 0.2) is 0 Å². The highest BCUT2D eigenvalue weighted by Gasteiger charge is 2.04. The molecule has 5 nitrogen and oxygen atoms in total.